The molecular formula is C16H18Cl2N2O4. The highest BCUT2D eigenvalue weighted by molar-refractivity contribution is 6.37. The van der Waals surface area contributed by atoms with Gasteiger partial charge in [-0.2, -0.15) is 0 Å². The van der Waals surface area contributed by atoms with E-state index in [1.54, 1.807) is 18.2 Å². The van der Waals surface area contributed by atoms with Gasteiger partial charge in [0.05, 0.1) is 0 Å². The fourth-order valence-electron chi connectivity index (χ4n) is 1.51. The maximum absolute atomic E-state index is 11.6. The highest BCUT2D eigenvalue weighted by Crippen LogP contribution is 2.25. The molecule has 1 aromatic rings. The number of imide groups is 1. The van der Waals surface area contributed by atoms with E-state index < -0.39 is 24.5 Å². The van der Waals surface area contributed by atoms with Crippen molar-refractivity contribution in [1.29, 1.82) is 0 Å². The molecule has 0 aliphatic carbocycles. The molecule has 24 heavy (non-hydrogen) atoms. The molecule has 0 aromatic heterocycles. The normalized spacial score (nSPS) is 10.7. The summed E-state index contributed by atoms with van der Waals surface area (Å²) in [5, 5.41) is 5.32. The predicted molar refractivity (Wildman–Crippen MR) is 92.8 cm³/mol. The summed E-state index contributed by atoms with van der Waals surface area (Å²) >= 11 is 11.9. The number of rotatable bonds is 6. The molecule has 130 valence electrons. The van der Waals surface area contributed by atoms with Crippen molar-refractivity contribution >= 4 is 47.2 Å². The Morgan fingerprint density at radius 3 is 2.42 bits per heavy atom. The molecule has 0 bridgehead atoms. The fourth-order valence-corrected chi connectivity index (χ4v) is 2.03. The number of halogens is 2. The number of carbonyl (C=O) groups is 3. The van der Waals surface area contributed by atoms with Crippen LogP contribution in [0.3, 0.4) is 0 Å². The molecule has 0 spiro atoms. The summed E-state index contributed by atoms with van der Waals surface area (Å²) in [5.41, 5.74) is 0.468. The van der Waals surface area contributed by atoms with Crippen LogP contribution in [0, 0.1) is 5.92 Å². The Morgan fingerprint density at radius 2 is 1.83 bits per heavy atom. The second-order valence-electron chi connectivity index (χ2n) is 5.23. The molecule has 0 aliphatic rings. The molecule has 0 atom stereocenters. The van der Waals surface area contributed by atoms with Crippen LogP contribution in [0.15, 0.2) is 24.3 Å². The number of esters is 1. The third-order valence-corrected chi connectivity index (χ3v) is 3.31. The number of amides is 3. The second-order valence-corrected chi connectivity index (χ2v) is 6.04. The van der Waals surface area contributed by atoms with Crippen LogP contribution in [0.2, 0.25) is 10.0 Å². The molecular weight excluding hydrogens is 355 g/mol. The fraction of sp³-hybridized carbons (Fsp3) is 0.312. The van der Waals surface area contributed by atoms with E-state index in [4.69, 9.17) is 27.9 Å². The largest absolute Gasteiger partial charge is 0.452 e. The van der Waals surface area contributed by atoms with E-state index in [1.807, 2.05) is 13.8 Å². The lowest BCUT2D eigenvalue weighted by Gasteiger charge is -2.08. The first kappa shape index (κ1) is 20.0. The second kappa shape index (κ2) is 9.95. The lowest BCUT2D eigenvalue weighted by atomic mass is 10.2. The maximum Gasteiger partial charge on any atom is 0.331 e. The Bertz CT molecular complexity index is 625. The van der Waals surface area contributed by atoms with Crippen molar-refractivity contribution in [1.82, 2.24) is 10.6 Å². The molecule has 1 rings (SSSR count). The van der Waals surface area contributed by atoms with Gasteiger partial charge in [-0.05, 0) is 24.1 Å². The van der Waals surface area contributed by atoms with Crippen LogP contribution >= 0.6 is 23.2 Å². The molecule has 0 saturated heterocycles. The van der Waals surface area contributed by atoms with Crippen molar-refractivity contribution < 1.29 is 19.1 Å². The van der Waals surface area contributed by atoms with Crippen molar-refractivity contribution in [3.63, 3.8) is 0 Å². The third kappa shape index (κ3) is 7.48. The number of hydrogen-bond acceptors (Lipinski definition) is 4. The lowest BCUT2D eigenvalue weighted by Crippen LogP contribution is -2.42. The molecule has 0 saturated carbocycles. The van der Waals surface area contributed by atoms with Crippen LogP contribution in [0.4, 0.5) is 4.79 Å². The highest BCUT2D eigenvalue weighted by atomic mass is 35.5. The van der Waals surface area contributed by atoms with Crippen molar-refractivity contribution in [2.24, 2.45) is 5.92 Å². The van der Waals surface area contributed by atoms with Crippen molar-refractivity contribution in [2.45, 2.75) is 13.8 Å². The Morgan fingerprint density at radius 1 is 1.21 bits per heavy atom. The molecule has 2 N–H and O–H groups in total. The number of benzene rings is 1. The zero-order valence-corrected chi connectivity index (χ0v) is 14.8. The van der Waals surface area contributed by atoms with Gasteiger partial charge in [0.15, 0.2) is 6.61 Å². The van der Waals surface area contributed by atoms with E-state index in [0.29, 0.717) is 22.2 Å². The molecule has 0 fully saturated rings. The van der Waals surface area contributed by atoms with Gasteiger partial charge in [-0.1, -0.05) is 43.1 Å². The summed E-state index contributed by atoms with van der Waals surface area (Å²) < 4.78 is 4.73. The Balaban J connectivity index is 2.42. The molecule has 0 heterocycles. The SMILES string of the molecule is CC(C)CNC(=O)NC(=O)COC(=O)/C=C/c1c(Cl)cccc1Cl. The van der Waals surface area contributed by atoms with E-state index >= 15 is 0 Å². The minimum Gasteiger partial charge on any atom is -0.452 e. The summed E-state index contributed by atoms with van der Waals surface area (Å²) in [6, 6.07) is 4.29. The first-order valence-corrected chi connectivity index (χ1v) is 7.91. The van der Waals surface area contributed by atoms with E-state index in [2.05, 4.69) is 10.6 Å². The molecule has 8 heteroatoms. The van der Waals surface area contributed by atoms with Gasteiger partial charge in [0.2, 0.25) is 0 Å². The van der Waals surface area contributed by atoms with Gasteiger partial charge in [-0.25, -0.2) is 9.59 Å². The number of carbonyl (C=O) groups excluding carboxylic acids is 3. The molecule has 6 nitrogen and oxygen atoms in total. The van der Waals surface area contributed by atoms with Crippen LogP contribution in [0.25, 0.3) is 6.08 Å². The predicted octanol–water partition coefficient (Wildman–Crippen LogP) is 3.03. The minimum absolute atomic E-state index is 0.255. The molecule has 0 radical (unpaired) electrons. The first-order valence-electron chi connectivity index (χ1n) is 7.16. The van der Waals surface area contributed by atoms with Gasteiger partial charge in [0.1, 0.15) is 0 Å². The molecule has 3 amide bonds. The standard InChI is InChI=1S/C16H18Cl2N2O4/c1-10(2)8-19-16(23)20-14(21)9-24-15(22)7-6-11-12(17)4-3-5-13(11)18/h3-7,10H,8-9H2,1-2H3,(H2,19,20,21,23)/b7-6+. The van der Waals surface area contributed by atoms with Gasteiger partial charge in [0, 0.05) is 28.2 Å². The van der Waals surface area contributed by atoms with Crippen molar-refractivity contribution in [3.8, 4) is 0 Å². The highest BCUT2D eigenvalue weighted by Gasteiger charge is 2.10. The minimum atomic E-state index is -0.760. The quantitative estimate of drug-likeness (QED) is 0.593. The van der Waals surface area contributed by atoms with Gasteiger partial charge in [0.25, 0.3) is 5.91 Å². The summed E-state index contributed by atoms with van der Waals surface area (Å²) in [6.45, 7) is 3.69. The first-order chi connectivity index (χ1) is 11.3. The van der Waals surface area contributed by atoms with E-state index in [-0.39, 0.29) is 5.92 Å². The number of hydrogen-bond donors (Lipinski definition) is 2. The van der Waals surface area contributed by atoms with Gasteiger partial charge < -0.3 is 10.1 Å². The average molecular weight is 373 g/mol. The smallest absolute Gasteiger partial charge is 0.331 e. The van der Waals surface area contributed by atoms with Crippen LogP contribution in [-0.2, 0) is 14.3 Å². The van der Waals surface area contributed by atoms with Gasteiger partial charge in [-0.3, -0.25) is 10.1 Å². The van der Waals surface area contributed by atoms with Gasteiger partial charge in [-0.15, -0.1) is 0 Å². The monoisotopic (exact) mass is 372 g/mol. The van der Waals surface area contributed by atoms with Crippen LogP contribution in [0.1, 0.15) is 19.4 Å². The molecule has 0 unspecified atom stereocenters. The van der Waals surface area contributed by atoms with E-state index in [1.165, 1.54) is 6.08 Å². The Kier molecular flexibility index (Phi) is 8.29. The van der Waals surface area contributed by atoms with Crippen molar-refractivity contribution in [3.05, 3.63) is 39.9 Å². The summed E-state index contributed by atoms with van der Waals surface area (Å²) in [7, 11) is 0. The topological polar surface area (TPSA) is 84.5 Å². The lowest BCUT2D eigenvalue weighted by molar-refractivity contribution is -0.143. The van der Waals surface area contributed by atoms with E-state index in [9.17, 15) is 14.4 Å². The summed E-state index contributed by atoms with van der Waals surface area (Å²) in [5.74, 6) is -1.23. The number of urea groups is 1. The zero-order valence-electron chi connectivity index (χ0n) is 13.3. The zero-order chi connectivity index (χ0) is 18.1. The number of ether oxygens (including phenoxy) is 1. The molecule has 0 aliphatic heterocycles. The van der Waals surface area contributed by atoms with Crippen LogP contribution < -0.4 is 10.6 Å². The summed E-state index contributed by atoms with van der Waals surface area (Å²) in [6.07, 6.45) is 2.49. The summed E-state index contributed by atoms with van der Waals surface area (Å²) in [4.78, 5) is 34.4. The number of nitrogens with one attached hydrogen (secondary N) is 2. The van der Waals surface area contributed by atoms with Crippen LogP contribution in [-0.4, -0.2) is 31.1 Å². The van der Waals surface area contributed by atoms with E-state index in [0.717, 1.165) is 6.08 Å². The Labute approximate surface area is 150 Å². The maximum atomic E-state index is 11.6. The van der Waals surface area contributed by atoms with Gasteiger partial charge >= 0.3 is 12.0 Å². The average Bonchev–Trinajstić information content (AvgIpc) is 2.50. The van der Waals surface area contributed by atoms with Crippen molar-refractivity contribution in [2.75, 3.05) is 13.2 Å². The van der Waals surface area contributed by atoms with Crippen LogP contribution in [0.5, 0.6) is 0 Å². The Hall–Kier alpha value is -2.05. The molecule has 1 aromatic carbocycles. The third-order valence-electron chi connectivity index (χ3n) is 2.66.